The Hall–Kier alpha value is -4.11. The van der Waals surface area contributed by atoms with Crippen molar-refractivity contribution in [3.8, 4) is 22.6 Å². The number of carbonyl (C=O) groups is 2. The van der Waals surface area contributed by atoms with Gasteiger partial charge in [0, 0.05) is 6.08 Å². The number of benzene rings is 3. The van der Waals surface area contributed by atoms with Crippen molar-refractivity contribution in [2.24, 2.45) is 0 Å². The maximum absolute atomic E-state index is 13.3. The fraction of sp³-hybridized carbons (Fsp3) is 0.120. The number of imide groups is 1. The molecular formula is C25H19F3N2O4. The molecule has 0 atom stereocenters. The molecule has 6 nitrogen and oxygen atoms in total. The zero-order valence-electron chi connectivity index (χ0n) is 17.7. The largest absolute Gasteiger partial charge is 0.455 e. The third-order valence-corrected chi connectivity index (χ3v) is 5.10. The topological polar surface area (TPSA) is 78.9 Å². The van der Waals surface area contributed by atoms with Crippen molar-refractivity contribution in [2.45, 2.75) is 6.18 Å². The van der Waals surface area contributed by atoms with E-state index in [-0.39, 0.29) is 23.7 Å². The monoisotopic (exact) mass is 468 g/mol. The van der Waals surface area contributed by atoms with E-state index in [1.807, 2.05) is 42.5 Å². The third-order valence-electron chi connectivity index (χ3n) is 5.10. The molecule has 2 amide bonds. The Bertz CT molecular complexity index is 1240. The highest BCUT2D eigenvalue weighted by atomic mass is 19.4. The second-order valence-electron chi connectivity index (χ2n) is 7.40. The fourth-order valence-corrected chi connectivity index (χ4v) is 3.42. The number of alkyl halides is 3. The molecule has 0 aliphatic carbocycles. The highest BCUT2D eigenvalue weighted by Gasteiger charge is 2.34. The lowest BCUT2D eigenvalue weighted by Gasteiger charge is -2.17. The number of carbonyl (C=O) groups excluding carboxylic acids is 2. The lowest BCUT2D eigenvalue weighted by molar-refractivity contribution is -0.138. The van der Waals surface area contributed by atoms with Crippen molar-refractivity contribution in [3.63, 3.8) is 0 Å². The molecule has 0 aromatic heterocycles. The van der Waals surface area contributed by atoms with Crippen LogP contribution in [0.5, 0.6) is 11.5 Å². The van der Waals surface area contributed by atoms with Crippen molar-refractivity contribution in [1.29, 1.82) is 0 Å². The zero-order chi connectivity index (χ0) is 24.3. The fourth-order valence-electron chi connectivity index (χ4n) is 3.42. The van der Waals surface area contributed by atoms with Gasteiger partial charge in [0.2, 0.25) is 0 Å². The number of β-amino-alcohol motifs (C(OH)–C–C–N with tert-alkyl or cyclic N) is 1. The molecule has 3 aromatic rings. The Kier molecular flexibility index (Phi) is 6.38. The minimum absolute atomic E-state index is 0.0298. The number of hydrogen-bond donors (Lipinski definition) is 2. The average Bonchev–Trinajstić information content (AvgIpc) is 3.08. The number of amides is 2. The lowest BCUT2D eigenvalue weighted by atomic mass is 10.1. The second kappa shape index (κ2) is 9.40. The molecule has 0 spiro atoms. The smallest absolute Gasteiger partial charge is 0.416 e. The minimum Gasteiger partial charge on any atom is -0.455 e. The van der Waals surface area contributed by atoms with Gasteiger partial charge in [0.15, 0.2) is 5.75 Å². The molecule has 174 valence electrons. The first kappa shape index (κ1) is 23.1. The van der Waals surface area contributed by atoms with Gasteiger partial charge in [-0.1, -0.05) is 42.5 Å². The number of aliphatic hydroxyl groups excluding tert-OH is 1. The Morgan fingerprint density at radius 3 is 2.24 bits per heavy atom. The van der Waals surface area contributed by atoms with E-state index in [1.165, 1.54) is 0 Å². The molecule has 0 bridgehead atoms. The van der Waals surface area contributed by atoms with E-state index >= 15 is 0 Å². The first-order chi connectivity index (χ1) is 16.3. The Balaban J connectivity index is 1.62. The van der Waals surface area contributed by atoms with E-state index in [2.05, 4.69) is 5.32 Å². The molecule has 4 rings (SSSR count). The van der Waals surface area contributed by atoms with E-state index in [9.17, 15) is 22.8 Å². The Morgan fingerprint density at radius 1 is 0.912 bits per heavy atom. The normalized spacial score (nSPS) is 13.8. The summed E-state index contributed by atoms with van der Waals surface area (Å²) >= 11 is 0. The molecule has 34 heavy (non-hydrogen) atoms. The number of ether oxygens (including phenoxy) is 1. The van der Waals surface area contributed by atoms with E-state index in [0.717, 1.165) is 40.3 Å². The Morgan fingerprint density at radius 2 is 1.59 bits per heavy atom. The van der Waals surface area contributed by atoms with Crippen LogP contribution in [0.2, 0.25) is 0 Å². The summed E-state index contributed by atoms with van der Waals surface area (Å²) in [5.74, 6) is -1.03. The van der Waals surface area contributed by atoms with Crippen LogP contribution in [-0.2, 0) is 15.8 Å². The van der Waals surface area contributed by atoms with Crippen molar-refractivity contribution >= 4 is 17.5 Å². The van der Waals surface area contributed by atoms with Gasteiger partial charge in [-0.3, -0.25) is 14.5 Å². The summed E-state index contributed by atoms with van der Waals surface area (Å²) in [6, 6.07) is 19.4. The van der Waals surface area contributed by atoms with Crippen LogP contribution in [0.15, 0.2) is 84.6 Å². The van der Waals surface area contributed by atoms with E-state index in [1.54, 1.807) is 12.1 Å². The zero-order valence-corrected chi connectivity index (χ0v) is 17.7. The predicted octanol–water partition coefficient (Wildman–Crippen LogP) is 4.82. The number of hydrogen-bond acceptors (Lipinski definition) is 5. The number of rotatable bonds is 7. The van der Waals surface area contributed by atoms with Gasteiger partial charge >= 0.3 is 6.18 Å². The maximum atomic E-state index is 13.3. The van der Waals surface area contributed by atoms with E-state index in [4.69, 9.17) is 9.84 Å². The van der Waals surface area contributed by atoms with Gasteiger partial charge in [0.05, 0.1) is 24.4 Å². The lowest BCUT2D eigenvalue weighted by Crippen LogP contribution is -2.34. The van der Waals surface area contributed by atoms with Crippen LogP contribution in [0.25, 0.3) is 11.1 Å². The number of nitrogens with zero attached hydrogens (tertiary/aromatic N) is 1. The Labute approximate surface area is 192 Å². The van der Waals surface area contributed by atoms with Gasteiger partial charge in [0.25, 0.3) is 11.8 Å². The highest BCUT2D eigenvalue weighted by Crippen LogP contribution is 2.38. The summed E-state index contributed by atoms with van der Waals surface area (Å²) in [4.78, 5) is 25.2. The summed E-state index contributed by atoms with van der Waals surface area (Å²) in [5, 5.41) is 11.6. The van der Waals surface area contributed by atoms with Crippen LogP contribution in [0, 0.1) is 0 Å². The summed E-state index contributed by atoms with van der Waals surface area (Å²) < 4.78 is 45.7. The van der Waals surface area contributed by atoms with Crippen LogP contribution in [0.4, 0.5) is 18.9 Å². The molecule has 3 aromatic carbocycles. The maximum Gasteiger partial charge on any atom is 0.416 e. The number of anilines is 1. The molecule has 1 aliphatic heterocycles. The second-order valence-corrected chi connectivity index (χ2v) is 7.40. The van der Waals surface area contributed by atoms with E-state index < -0.39 is 30.2 Å². The van der Waals surface area contributed by atoms with Gasteiger partial charge in [-0.05, 0) is 41.5 Å². The summed E-state index contributed by atoms with van der Waals surface area (Å²) in [5.41, 5.74) is 0.617. The van der Waals surface area contributed by atoms with E-state index in [0.29, 0.717) is 5.75 Å². The van der Waals surface area contributed by atoms with Crippen molar-refractivity contribution < 1.29 is 32.6 Å². The summed E-state index contributed by atoms with van der Waals surface area (Å²) in [7, 11) is 0. The molecule has 0 fully saturated rings. The number of halogens is 3. The SMILES string of the molecule is O=C1C=C(Nc2cc(C(F)(F)F)ccc2Oc2ccc(-c3ccccc3)cc2)C(=O)N1CCO. The molecule has 1 aliphatic rings. The standard InChI is InChI=1S/C25H19F3N2O4/c26-25(27,28)18-8-11-22(20(14-18)29-21-15-23(32)30(12-13-31)24(21)33)34-19-9-6-17(7-10-19)16-4-2-1-3-5-16/h1-11,14-15,29,31H,12-13H2. The van der Waals surface area contributed by atoms with Gasteiger partial charge in [-0.15, -0.1) is 0 Å². The first-order valence-corrected chi connectivity index (χ1v) is 10.3. The van der Waals surface area contributed by atoms with Crippen molar-refractivity contribution in [2.75, 3.05) is 18.5 Å². The van der Waals surface area contributed by atoms with Crippen LogP contribution in [0.1, 0.15) is 5.56 Å². The molecular weight excluding hydrogens is 449 g/mol. The van der Waals surface area contributed by atoms with Gasteiger partial charge in [-0.2, -0.15) is 13.2 Å². The molecule has 0 saturated carbocycles. The third kappa shape index (κ3) is 4.94. The van der Waals surface area contributed by atoms with Gasteiger partial charge in [-0.25, -0.2) is 0 Å². The summed E-state index contributed by atoms with van der Waals surface area (Å²) in [6.07, 6.45) is -3.66. The predicted molar refractivity (Wildman–Crippen MR) is 119 cm³/mol. The number of aliphatic hydroxyl groups is 1. The summed E-state index contributed by atoms with van der Waals surface area (Å²) in [6.45, 7) is -0.658. The van der Waals surface area contributed by atoms with Crippen LogP contribution in [0.3, 0.4) is 0 Å². The van der Waals surface area contributed by atoms with Crippen molar-refractivity contribution in [1.82, 2.24) is 4.90 Å². The average molecular weight is 468 g/mol. The van der Waals surface area contributed by atoms with Gasteiger partial charge in [0.1, 0.15) is 11.4 Å². The molecule has 9 heteroatoms. The van der Waals surface area contributed by atoms with Crippen molar-refractivity contribution in [3.05, 3.63) is 90.1 Å². The van der Waals surface area contributed by atoms with Crippen LogP contribution in [-0.4, -0.2) is 35.0 Å². The first-order valence-electron chi connectivity index (χ1n) is 10.3. The molecule has 1 heterocycles. The minimum atomic E-state index is -4.63. The molecule has 0 saturated heterocycles. The number of nitrogens with one attached hydrogen (secondary N) is 1. The molecule has 0 radical (unpaired) electrons. The van der Waals surface area contributed by atoms with Crippen LogP contribution >= 0.6 is 0 Å². The molecule has 2 N–H and O–H groups in total. The van der Waals surface area contributed by atoms with Gasteiger partial charge < -0.3 is 15.2 Å². The molecule has 0 unspecified atom stereocenters. The van der Waals surface area contributed by atoms with Crippen LogP contribution < -0.4 is 10.1 Å². The highest BCUT2D eigenvalue weighted by molar-refractivity contribution is 6.17. The quantitative estimate of drug-likeness (QED) is 0.486.